The average molecular weight is 315 g/mol. The lowest BCUT2D eigenvalue weighted by molar-refractivity contribution is -0.117. The molecular weight excluding hydrogens is 302 g/mol. The fourth-order valence-corrected chi connectivity index (χ4v) is 1.62. The fraction of sp³-hybridized carbons (Fsp3) is 0. The van der Waals surface area contributed by atoms with Crippen molar-refractivity contribution in [2.24, 2.45) is 0 Å². The van der Waals surface area contributed by atoms with Crippen LogP contribution in [-0.4, -0.2) is 32.1 Å². The molecule has 0 radical (unpaired) electrons. The van der Waals surface area contributed by atoms with Gasteiger partial charge in [0.25, 0.3) is 11.8 Å². The molecule has 8 nitrogen and oxygen atoms in total. The average Bonchev–Trinajstić information content (AvgIpc) is 2.54. The molecule has 0 aliphatic heterocycles. The summed E-state index contributed by atoms with van der Waals surface area (Å²) < 4.78 is 0. The lowest BCUT2D eigenvalue weighted by Gasteiger charge is -2.06. The summed E-state index contributed by atoms with van der Waals surface area (Å²) in [6.45, 7) is 0. The third-order valence-electron chi connectivity index (χ3n) is 2.77. The Morgan fingerprint density at radius 2 is 1.78 bits per heavy atom. The van der Waals surface area contributed by atoms with Crippen LogP contribution >= 0.6 is 0 Å². The molecule has 0 fully saturated rings. The van der Waals surface area contributed by atoms with Gasteiger partial charge in [-0.2, -0.15) is 0 Å². The van der Waals surface area contributed by atoms with E-state index in [9.17, 15) is 24.9 Å². The molecule has 0 atom stereocenters. The number of benzene rings is 1. The maximum absolute atomic E-state index is 11.7. The molecule has 0 spiro atoms. The highest BCUT2D eigenvalue weighted by atomic mass is 16.3. The summed E-state index contributed by atoms with van der Waals surface area (Å²) in [7, 11) is 0. The number of amides is 2. The molecule has 0 bridgehead atoms. The highest BCUT2D eigenvalue weighted by Crippen LogP contribution is 2.25. The first-order valence-electron chi connectivity index (χ1n) is 6.40. The van der Waals surface area contributed by atoms with Gasteiger partial charge in [0, 0.05) is 12.3 Å². The Labute approximate surface area is 130 Å². The number of rotatable bonds is 3. The Morgan fingerprint density at radius 3 is 2.48 bits per heavy atom. The van der Waals surface area contributed by atoms with Gasteiger partial charge in [0.15, 0.2) is 11.5 Å². The van der Waals surface area contributed by atoms with Crippen LogP contribution in [0.4, 0.5) is 0 Å². The van der Waals surface area contributed by atoms with Crippen molar-refractivity contribution in [3.63, 3.8) is 0 Å². The highest BCUT2D eigenvalue weighted by Gasteiger charge is 2.10. The first-order chi connectivity index (χ1) is 11.0. The van der Waals surface area contributed by atoms with E-state index in [1.807, 2.05) is 0 Å². The van der Waals surface area contributed by atoms with Gasteiger partial charge < -0.3 is 15.3 Å². The molecule has 118 valence electrons. The summed E-state index contributed by atoms with van der Waals surface area (Å²) in [5.41, 5.74) is 4.71. The number of carbonyl (C=O) groups excluding carboxylic acids is 2. The zero-order chi connectivity index (χ0) is 16.8. The van der Waals surface area contributed by atoms with Crippen molar-refractivity contribution in [2.45, 2.75) is 0 Å². The van der Waals surface area contributed by atoms with E-state index in [2.05, 4.69) is 15.8 Å². The van der Waals surface area contributed by atoms with Crippen LogP contribution in [0.1, 0.15) is 15.9 Å². The van der Waals surface area contributed by atoms with Crippen molar-refractivity contribution in [3.8, 4) is 17.2 Å². The highest BCUT2D eigenvalue weighted by molar-refractivity contribution is 5.99. The Kier molecular flexibility index (Phi) is 4.78. The van der Waals surface area contributed by atoms with E-state index in [4.69, 9.17) is 0 Å². The predicted octanol–water partition coefficient (Wildman–Crippen LogP) is 0.673. The molecule has 8 heteroatoms. The van der Waals surface area contributed by atoms with Crippen LogP contribution in [0.3, 0.4) is 0 Å². The molecule has 0 saturated carbocycles. The van der Waals surface area contributed by atoms with Crippen molar-refractivity contribution in [1.29, 1.82) is 0 Å². The van der Waals surface area contributed by atoms with Crippen molar-refractivity contribution in [2.75, 3.05) is 0 Å². The van der Waals surface area contributed by atoms with E-state index >= 15 is 0 Å². The van der Waals surface area contributed by atoms with Gasteiger partial charge in [-0.3, -0.25) is 25.4 Å². The van der Waals surface area contributed by atoms with Crippen molar-refractivity contribution >= 4 is 17.9 Å². The second kappa shape index (κ2) is 6.94. The number of phenols is 2. The minimum absolute atomic E-state index is 0.0345. The molecule has 2 amide bonds. The molecule has 1 aromatic carbocycles. The molecule has 23 heavy (non-hydrogen) atoms. The summed E-state index contributed by atoms with van der Waals surface area (Å²) in [5.74, 6) is -2.22. The monoisotopic (exact) mass is 315 g/mol. The Balaban J connectivity index is 1.92. The Hall–Kier alpha value is -3.55. The van der Waals surface area contributed by atoms with Crippen molar-refractivity contribution < 1.29 is 24.9 Å². The van der Waals surface area contributed by atoms with E-state index in [1.165, 1.54) is 36.5 Å². The van der Waals surface area contributed by atoms with Crippen LogP contribution in [0.15, 0.2) is 42.7 Å². The minimum atomic E-state index is -0.700. The maximum atomic E-state index is 11.7. The standard InChI is InChI=1S/C15H13N3O5/c19-11-3-1-9(7-12(11)20)2-4-14(22)17-18-15(23)10-5-6-16-8-13(10)21/h1-8,19-21H,(H,17,22)(H,18,23)/b4-2+. The van der Waals surface area contributed by atoms with Crippen LogP contribution in [0.2, 0.25) is 0 Å². The zero-order valence-corrected chi connectivity index (χ0v) is 11.7. The van der Waals surface area contributed by atoms with Crippen LogP contribution in [0.5, 0.6) is 17.2 Å². The fourth-order valence-electron chi connectivity index (χ4n) is 1.62. The lowest BCUT2D eigenvalue weighted by Crippen LogP contribution is -2.40. The topological polar surface area (TPSA) is 132 Å². The van der Waals surface area contributed by atoms with Gasteiger partial charge in [-0.05, 0) is 29.8 Å². The molecule has 0 unspecified atom stereocenters. The number of pyridine rings is 1. The van der Waals surface area contributed by atoms with Gasteiger partial charge in [0.2, 0.25) is 0 Å². The van der Waals surface area contributed by atoms with Crippen molar-refractivity contribution in [1.82, 2.24) is 15.8 Å². The molecule has 2 aromatic rings. The van der Waals surface area contributed by atoms with Gasteiger partial charge in [-0.1, -0.05) is 6.07 Å². The summed E-state index contributed by atoms with van der Waals surface area (Å²) >= 11 is 0. The third-order valence-corrected chi connectivity index (χ3v) is 2.77. The molecule has 2 rings (SSSR count). The lowest BCUT2D eigenvalue weighted by atomic mass is 10.2. The molecule has 0 aliphatic rings. The summed E-state index contributed by atoms with van der Waals surface area (Å²) in [6, 6.07) is 5.34. The number of aromatic nitrogens is 1. The van der Waals surface area contributed by atoms with E-state index in [0.29, 0.717) is 5.56 Å². The maximum Gasteiger partial charge on any atom is 0.273 e. The van der Waals surface area contributed by atoms with Crippen molar-refractivity contribution in [3.05, 3.63) is 53.9 Å². The number of hydrogen-bond acceptors (Lipinski definition) is 6. The normalized spacial score (nSPS) is 10.4. The van der Waals surface area contributed by atoms with Crippen LogP contribution in [0, 0.1) is 0 Å². The largest absolute Gasteiger partial charge is 0.505 e. The number of phenolic OH excluding ortho intramolecular Hbond substituents is 2. The first-order valence-corrected chi connectivity index (χ1v) is 6.40. The van der Waals surface area contributed by atoms with Gasteiger partial charge in [-0.15, -0.1) is 0 Å². The SMILES string of the molecule is O=C(/C=C/c1ccc(O)c(O)c1)NNC(=O)c1ccncc1O. The molecule has 1 aromatic heterocycles. The molecule has 1 heterocycles. The smallest absolute Gasteiger partial charge is 0.273 e. The number of aromatic hydroxyl groups is 3. The summed E-state index contributed by atoms with van der Waals surface area (Å²) in [5, 5.41) is 27.9. The predicted molar refractivity (Wildman–Crippen MR) is 80.3 cm³/mol. The zero-order valence-electron chi connectivity index (χ0n) is 11.7. The molecule has 0 aliphatic carbocycles. The molecule has 5 N–H and O–H groups in total. The minimum Gasteiger partial charge on any atom is -0.505 e. The van der Waals surface area contributed by atoms with Crippen LogP contribution < -0.4 is 10.9 Å². The number of carbonyl (C=O) groups is 2. The number of hydrogen-bond donors (Lipinski definition) is 5. The van der Waals surface area contributed by atoms with E-state index in [-0.39, 0.29) is 22.8 Å². The van der Waals surface area contributed by atoms with Gasteiger partial charge in [0.05, 0.1) is 11.8 Å². The third kappa shape index (κ3) is 4.21. The Bertz CT molecular complexity index is 773. The Morgan fingerprint density at radius 1 is 1.00 bits per heavy atom. The van der Waals surface area contributed by atoms with Crippen LogP contribution in [0.25, 0.3) is 6.08 Å². The number of nitrogens with zero attached hydrogens (tertiary/aromatic N) is 1. The van der Waals surface area contributed by atoms with Crippen LogP contribution in [-0.2, 0) is 4.79 Å². The second-order valence-corrected chi connectivity index (χ2v) is 4.42. The molecular formula is C15H13N3O5. The number of nitrogens with one attached hydrogen (secondary N) is 2. The first kappa shape index (κ1) is 15.8. The quantitative estimate of drug-likeness (QED) is 0.321. The van der Waals surface area contributed by atoms with E-state index < -0.39 is 11.8 Å². The number of hydrazine groups is 1. The summed E-state index contributed by atoms with van der Waals surface area (Å²) in [6.07, 6.45) is 4.94. The molecule has 0 saturated heterocycles. The van der Waals surface area contributed by atoms with E-state index in [0.717, 1.165) is 12.3 Å². The van der Waals surface area contributed by atoms with Gasteiger partial charge in [-0.25, -0.2) is 0 Å². The van der Waals surface area contributed by atoms with E-state index in [1.54, 1.807) is 0 Å². The van der Waals surface area contributed by atoms with Gasteiger partial charge >= 0.3 is 0 Å². The second-order valence-electron chi connectivity index (χ2n) is 4.42. The van der Waals surface area contributed by atoms with Gasteiger partial charge in [0.1, 0.15) is 5.75 Å². The summed E-state index contributed by atoms with van der Waals surface area (Å²) in [4.78, 5) is 26.9.